The summed E-state index contributed by atoms with van der Waals surface area (Å²) >= 11 is 0. The first kappa shape index (κ1) is 15.2. The summed E-state index contributed by atoms with van der Waals surface area (Å²) in [5.41, 5.74) is 2.56. The molecule has 0 atom stereocenters. The summed E-state index contributed by atoms with van der Waals surface area (Å²) in [6.45, 7) is -0.0910. The van der Waals surface area contributed by atoms with Crippen LogP contribution >= 0.6 is 0 Å². The summed E-state index contributed by atoms with van der Waals surface area (Å²) in [6, 6.07) is 11.9. The van der Waals surface area contributed by atoms with Gasteiger partial charge < -0.3 is 15.0 Å². The van der Waals surface area contributed by atoms with E-state index in [4.69, 9.17) is 5.11 Å². The molecule has 0 fully saturated rings. The highest BCUT2D eigenvalue weighted by molar-refractivity contribution is 6.06. The van der Waals surface area contributed by atoms with Crippen molar-refractivity contribution in [1.29, 1.82) is 0 Å². The van der Waals surface area contributed by atoms with Crippen LogP contribution in [0.25, 0.3) is 10.9 Å². The molecule has 0 saturated carbocycles. The summed E-state index contributed by atoms with van der Waals surface area (Å²) in [4.78, 5) is 12.4. The third-order valence-corrected chi connectivity index (χ3v) is 3.91. The standard InChI is InChI=1S/C18H17FN2O2/c1-21-8-7-14-15(3-2-4-17(14)21)18(23)20-10-12-5-6-16(19)13(9-12)11-22/h2-9,22H,10-11H2,1H3,(H,20,23). The van der Waals surface area contributed by atoms with Gasteiger partial charge in [-0.2, -0.15) is 0 Å². The van der Waals surface area contributed by atoms with E-state index in [1.54, 1.807) is 18.2 Å². The zero-order valence-electron chi connectivity index (χ0n) is 12.7. The first-order valence-corrected chi connectivity index (χ1v) is 7.30. The van der Waals surface area contributed by atoms with E-state index in [1.807, 2.05) is 36.0 Å². The molecule has 2 N–H and O–H groups in total. The molecular weight excluding hydrogens is 295 g/mol. The van der Waals surface area contributed by atoms with Gasteiger partial charge in [0.05, 0.1) is 6.61 Å². The minimum Gasteiger partial charge on any atom is -0.392 e. The van der Waals surface area contributed by atoms with E-state index in [2.05, 4.69) is 5.32 Å². The Labute approximate surface area is 133 Å². The Balaban J connectivity index is 1.79. The van der Waals surface area contributed by atoms with Crippen molar-refractivity contribution >= 4 is 16.8 Å². The maximum Gasteiger partial charge on any atom is 0.252 e. The number of halogens is 1. The van der Waals surface area contributed by atoms with Crippen LogP contribution in [0.3, 0.4) is 0 Å². The lowest BCUT2D eigenvalue weighted by Gasteiger charge is -2.08. The second kappa shape index (κ2) is 6.22. The van der Waals surface area contributed by atoms with Crippen LogP contribution in [0.1, 0.15) is 21.5 Å². The molecule has 0 aliphatic carbocycles. The molecule has 0 aliphatic heterocycles. The van der Waals surface area contributed by atoms with Crippen molar-refractivity contribution in [3.63, 3.8) is 0 Å². The van der Waals surface area contributed by atoms with E-state index in [0.29, 0.717) is 5.56 Å². The summed E-state index contributed by atoms with van der Waals surface area (Å²) in [5.74, 6) is -0.631. The van der Waals surface area contributed by atoms with Gasteiger partial charge in [-0.05, 0) is 35.9 Å². The SMILES string of the molecule is Cn1ccc2c(C(=O)NCc3ccc(F)c(CO)c3)cccc21. The Kier molecular flexibility index (Phi) is 4.12. The van der Waals surface area contributed by atoms with Gasteiger partial charge in [0.2, 0.25) is 0 Å². The molecule has 0 unspecified atom stereocenters. The molecule has 0 radical (unpaired) electrons. The average molecular weight is 312 g/mol. The van der Waals surface area contributed by atoms with E-state index >= 15 is 0 Å². The number of aliphatic hydroxyl groups excluding tert-OH is 1. The number of hydrogen-bond acceptors (Lipinski definition) is 2. The Hall–Kier alpha value is -2.66. The molecule has 0 saturated heterocycles. The number of carbonyl (C=O) groups is 1. The van der Waals surface area contributed by atoms with Gasteiger partial charge >= 0.3 is 0 Å². The zero-order valence-corrected chi connectivity index (χ0v) is 12.7. The maximum absolute atomic E-state index is 13.4. The van der Waals surface area contributed by atoms with Gasteiger partial charge in [0, 0.05) is 41.8 Å². The molecular formula is C18H17FN2O2. The van der Waals surface area contributed by atoms with Gasteiger partial charge in [-0.1, -0.05) is 12.1 Å². The molecule has 0 spiro atoms. The van der Waals surface area contributed by atoms with Crippen molar-refractivity contribution in [2.75, 3.05) is 0 Å². The van der Waals surface area contributed by atoms with E-state index < -0.39 is 5.82 Å². The van der Waals surface area contributed by atoms with Crippen LogP contribution in [-0.4, -0.2) is 15.6 Å². The molecule has 0 aliphatic rings. The third-order valence-electron chi connectivity index (χ3n) is 3.91. The lowest BCUT2D eigenvalue weighted by molar-refractivity contribution is 0.0952. The van der Waals surface area contributed by atoms with Crippen molar-refractivity contribution in [2.45, 2.75) is 13.2 Å². The van der Waals surface area contributed by atoms with Crippen molar-refractivity contribution < 1.29 is 14.3 Å². The highest BCUT2D eigenvalue weighted by Crippen LogP contribution is 2.19. The zero-order chi connectivity index (χ0) is 16.4. The fourth-order valence-corrected chi connectivity index (χ4v) is 2.64. The van der Waals surface area contributed by atoms with Crippen LogP contribution in [0.15, 0.2) is 48.7 Å². The number of carbonyl (C=O) groups excluding carboxylic acids is 1. The van der Waals surface area contributed by atoms with Crippen LogP contribution in [0.5, 0.6) is 0 Å². The van der Waals surface area contributed by atoms with Gasteiger partial charge in [0.15, 0.2) is 0 Å². The number of hydrogen-bond donors (Lipinski definition) is 2. The Bertz CT molecular complexity index is 871. The average Bonchev–Trinajstić information content (AvgIpc) is 2.95. The van der Waals surface area contributed by atoms with Crippen LogP contribution in [0, 0.1) is 5.82 Å². The summed E-state index contributed by atoms with van der Waals surface area (Å²) in [6.07, 6.45) is 1.91. The van der Waals surface area contributed by atoms with Crippen molar-refractivity contribution in [3.05, 3.63) is 71.2 Å². The molecule has 23 heavy (non-hydrogen) atoms. The van der Waals surface area contributed by atoms with Gasteiger partial charge in [0.1, 0.15) is 5.82 Å². The number of nitrogens with one attached hydrogen (secondary N) is 1. The number of aryl methyl sites for hydroxylation is 1. The number of aliphatic hydroxyl groups is 1. The van der Waals surface area contributed by atoms with Crippen molar-refractivity contribution in [3.8, 4) is 0 Å². The number of benzene rings is 2. The lowest BCUT2D eigenvalue weighted by Crippen LogP contribution is -2.23. The highest BCUT2D eigenvalue weighted by Gasteiger charge is 2.11. The maximum atomic E-state index is 13.4. The second-order valence-electron chi connectivity index (χ2n) is 5.43. The van der Waals surface area contributed by atoms with Gasteiger partial charge in [0.25, 0.3) is 5.91 Å². The largest absolute Gasteiger partial charge is 0.392 e. The molecule has 3 aromatic rings. The molecule has 1 aromatic heterocycles. The molecule has 3 rings (SSSR count). The lowest BCUT2D eigenvalue weighted by atomic mass is 10.1. The molecule has 0 bridgehead atoms. The third kappa shape index (κ3) is 2.96. The van der Waals surface area contributed by atoms with Crippen molar-refractivity contribution in [2.24, 2.45) is 7.05 Å². The van der Waals surface area contributed by atoms with Gasteiger partial charge in [-0.3, -0.25) is 4.79 Å². The van der Waals surface area contributed by atoms with E-state index in [0.717, 1.165) is 16.5 Å². The Morgan fingerprint density at radius 1 is 1.26 bits per heavy atom. The quantitative estimate of drug-likeness (QED) is 0.778. The minimum atomic E-state index is -0.448. The number of fused-ring (bicyclic) bond motifs is 1. The molecule has 1 heterocycles. The van der Waals surface area contributed by atoms with E-state index in [9.17, 15) is 9.18 Å². The number of amides is 1. The first-order valence-electron chi connectivity index (χ1n) is 7.30. The van der Waals surface area contributed by atoms with Gasteiger partial charge in [-0.15, -0.1) is 0 Å². The van der Waals surface area contributed by atoms with Crippen LogP contribution in [-0.2, 0) is 20.2 Å². The van der Waals surface area contributed by atoms with E-state index in [1.165, 1.54) is 6.07 Å². The highest BCUT2D eigenvalue weighted by atomic mass is 19.1. The van der Waals surface area contributed by atoms with Crippen LogP contribution in [0.4, 0.5) is 4.39 Å². The second-order valence-corrected chi connectivity index (χ2v) is 5.43. The topological polar surface area (TPSA) is 54.3 Å². The summed E-state index contributed by atoms with van der Waals surface area (Å²) < 4.78 is 15.3. The number of aromatic nitrogens is 1. The molecule has 4 nitrogen and oxygen atoms in total. The summed E-state index contributed by atoms with van der Waals surface area (Å²) in [5, 5.41) is 12.8. The smallest absolute Gasteiger partial charge is 0.252 e. The van der Waals surface area contributed by atoms with E-state index in [-0.39, 0.29) is 24.6 Å². The Morgan fingerprint density at radius 2 is 2.09 bits per heavy atom. The summed E-state index contributed by atoms with van der Waals surface area (Å²) in [7, 11) is 1.93. The van der Waals surface area contributed by atoms with Crippen LogP contribution in [0.2, 0.25) is 0 Å². The Morgan fingerprint density at radius 3 is 2.87 bits per heavy atom. The number of rotatable bonds is 4. The normalized spacial score (nSPS) is 10.9. The fourth-order valence-electron chi connectivity index (χ4n) is 2.64. The predicted molar refractivity (Wildman–Crippen MR) is 86.4 cm³/mol. The molecule has 5 heteroatoms. The van der Waals surface area contributed by atoms with Gasteiger partial charge in [-0.25, -0.2) is 4.39 Å². The van der Waals surface area contributed by atoms with Crippen molar-refractivity contribution in [1.82, 2.24) is 9.88 Å². The first-order chi connectivity index (χ1) is 11.1. The number of nitrogens with zero attached hydrogens (tertiary/aromatic N) is 1. The van der Waals surface area contributed by atoms with Crippen LogP contribution < -0.4 is 5.32 Å². The molecule has 2 aromatic carbocycles. The molecule has 1 amide bonds. The predicted octanol–water partition coefficient (Wildman–Crippen LogP) is 2.74. The minimum absolute atomic E-state index is 0.184. The monoisotopic (exact) mass is 312 g/mol. The molecule has 118 valence electrons. The fraction of sp³-hybridized carbons (Fsp3) is 0.167.